The molecule has 0 radical (unpaired) electrons. The second-order valence-corrected chi connectivity index (χ2v) is 3.74. The topological polar surface area (TPSA) is 35.8 Å². The number of nitrogens with zero attached hydrogens (tertiary/aromatic N) is 1. The highest BCUT2D eigenvalue weighted by Crippen LogP contribution is 2.21. The third kappa shape index (κ3) is 2.95. The molecule has 1 aliphatic rings. The lowest BCUT2D eigenvalue weighted by Crippen LogP contribution is -2.30. The Kier molecular flexibility index (Phi) is 4.61. The Balaban J connectivity index is 0.00000112. The highest BCUT2D eigenvalue weighted by molar-refractivity contribution is 5.85. The molecule has 0 aromatic heterocycles. The summed E-state index contributed by atoms with van der Waals surface area (Å²) in [6.45, 7) is 0.815. The molecule has 0 unspecified atom stereocenters. The van der Waals surface area contributed by atoms with Crippen molar-refractivity contribution in [3.8, 4) is 6.07 Å². The summed E-state index contributed by atoms with van der Waals surface area (Å²) in [6, 6.07) is 11.3. The van der Waals surface area contributed by atoms with Crippen LogP contribution in [0.15, 0.2) is 24.3 Å². The normalized spacial score (nSPS) is 14.1. The Morgan fingerprint density at radius 3 is 2.40 bits per heavy atom. The number of rotatable bonds is 3. The van der Waals surface area contributed by atoms with E-state index in [-0.39, 0.29) is 12.4 Å². The molecule has 0 heterocycles. The summed E-state index contributed by atoms with van der Waals surface area (Å²) in [4.78, 5) is 0. The summed E-state index contributed by atoms with van der Waals surface area (Å²) in [5.74, 6) is 0. The molecule has 1 aliphatic carbocycles. The summed E-state index contributed by atoms with van der Waals surface area (Å²) < 4.78 is 0. The van der Waals surface area contributed by atoms with Crippen LogP contribution in [0.1, 0.15) is 17.5 Å². The summed E-state index contributed by atoms with van der Waals surface area (Å²) >= 11 is 0. The van der Waals surface area contributed by atoms with Gasteiger partial charge in [0.25, 0.3) is 0 Å². The summed E-state index contributed by atoms with van der Waals surface area (Å²) in [5.41, 5.74) is 2.92. The molecule has 0 saturated carbocycles. The lowest BCUT2D eigenvalue weighted by molar-refractivity contribution is 0.541. The molecule has 0 atom stereocenters. The second kappa shape index (κ2) is 5.75. The minimum Gasteiger partial charge on any atom is -0.312 e. The van der Waals surface area contributed by atoms with Crippen LogP contribution in [0.25, 0.3) is 0 Å². The molecule has 2 rings (SSSR count). The number of fused-ring (bicyclic) bond motifs is 1. The number of halogens is 1. The van der Waals surface area contributed by atoms with Crippen molar-refractivity contribution < 1.29 is 0 Å². The molecule has 1 aromatic rings. The van der Waals surface area contributed by atoms with Crippen molar-refractivity contribution in [3.63, 3.8) is 0 Å². The molecule has 0 bridgehead atoms. The standard InChI is InChI=1S/C12H14N2.ClH/c13-6-3-7-14-12-8-10-4-1-2-5-11(10)9-12;/h1-2,4-5,12,14H,3,7-9H2;1H. The number of hydrogen-bond acceptors (Lipinski definition) is 2. The quantitative estimate of drug-likeness (QED) is 0.795. The van der Waals surface area contributed by atoms with E-state index in [0.29, 0.717) is 12.5 Å². The van der Waals surface area contributed by atoms with E-state index in [4.69, 9.17) is 5.26 Å². The monoisotopic (exact) mass is 222 g/mol. The molecule has 2 nitrogen and oxygen atoms in total. The molecule has 0 amide bonds. The molecule has 1 aromatic carbocycles. The van der Waals surface area contributed by atoms with Gasteiger partial charge in [0.15, 0.2) is 0 Å². The molecule has 3 heteroatoms. The largest absolute Gasteiger partial charge is 0.312 e. The minimum atomic E-state index is 0. The van der Waals surface area contributed by atoms with Gasteiger partial charge in [-0.2, -0.15) is 5.26 Å². The van der Waals surface area contributed by atoms with Crippen molar-refractivity contribution in [1.29, 1.82) is 5.26 Å². The van der Waals surface area contributed by atoms with Gasteiger partial charge in [-0.15, -0.1) is 12.4 Å². The van der Waals surface area contributed by atoms with Gasteiger partial charge < -0.3 is 5.32 Å². The van der Waals surface area contributed by atoms with E-state index in [1.807, 2.05) is 0 Å². The molecule has 15 heavy (non-hydrogen) atoms. The third-order valence-electron chi connectivity index (χ3n) is 2.72. The van der Waals surface area contributed by atoms with Crippen LogP contribution in [-0.4, -0.2) is 12.6 Å². The smallest absolute Gasteiger partial charge is 0.0635 e. The van der Waals surface area contributed by atoms with Crippen molar-refractivity contribution in [2.24, 2.45) is 0 Å². The molecule has 0 aliphatic heterocycles. The zero-order valence-electron chi connectivity index (χ0n) is 8.57. The Morgan fingerprint density at radius 2 is 1.87 bits per heavy atom. The Hall–Kier alpha value is -1.04. The SMILES string of the molecule is Cl.N#CCCNC1Cc2ccccc2C1. The Labute approximate surface area is 96.7 Å². The predicted octanol–water partition coefficient (Wildman–Crippen LogP) is 2.08. The Bertz CT molecular complexity index is 332. The first-order valence-electron chi connectivity index (χ1n) is 5.07. The number of nitrogens with one attached hydrogen (secondary N) is 1. The van der Waals surface area contributed by atoms with Gasteiger partial charge in [0.1, 0.15) is 0 Å². The van der Waals surface area contributed by atoms with Crippen LogP contribution in [0, 0.1) is 11.3 Å². The average molecular weight is 223 g/mol. The van der Waals surface area contributed by atoms with E-state index >= 15 is 0 Å². The first kappa shape index (κ1) is 12.0. The molecular weight excluding hydrogens is 208 g/mol. The van der Waals surface area contributed by atoms with E-state index in [1.165, 1.54) is 11.1 Å². The summed E-state index contributed by atoms with van der Waals surface area (Å²) in [7, 11) is 0. The van der Waals surface area contributed by atoms with E-state index in [1.54, 1.807) is 0 Å². The van der Waals surface area contributed by atoms with E-state index in [9.17, 15) is 0 Å². The molecule has 80 valence electrons. The lowest BCUT2D eigenvalue weighted by Gasteiger charge is -2.09. The van der Waals surface area contributed by atoms with E-state index < -0.39 is 0 Å². The van der Waals surface area contributed by atoms with Crippen LogP contribution in [0.5, 0.6) is 0 Å². The molecular formula is C12H15ClN2. The van der Waals surface area contributed by atoms with Crippen molar-refractivity contribution in [2.75, 3.05) is 6.54 Å². The van der Waals surface area contributed by atoms with Crippen LogP contribution < -0.4 is 5.32 Å². The van der Waals surface area contributed by atoms with Crippen molar-refractivity contribution in [3.05, 3.63) is 35.4 Å². The zero-order valence-corrected chi connectivity index (χ0v) is 9.39. The fraction of sp³-hybridized carbons (Fsp3) is 0.417. The van der Waals surface area contributed by atoms with Gasteiger partial charge >= 0.3 is 0 Å². The van der Waals surface area contributed by atoms with E-state index in [2.05, 4.69) is 35.7 Å². The first-order chi connectivity index (χ1) is 6.90. The highest BCUT2D eigenvalue weighted by Gasteiger charge is 2.19. The van der Waals surface area contributed by atoms with E-state index in [0.717, 1.165) is 19.4 Å². The maximum Gasteiger partial charge on any atom is 0.0635 e. The fourth-order valence-electron chi connectivity index (χ4n) is 2.04. The van der Waals surface area contributed by atoms with Crippen molar-refractivity contribution in [1.82, 2.24) is 5.32 Å². The molecule has 0 spiro atoms. The van der Waals surface area contributed by atoms with Crippen molar-refractivity contribution in [2.45, 2.75) is 25.3 Å². The van der Waals surface area contributed by atoms with Gasteiger partial charge in [-0.1, -0.05) is 24.3 Å². The Morgan fingerprint density at radius 1 is 1.27 bits per heavy atom. The lowest BCUT2D eigenvalue weighted by atomic mass is 10.1. The van der Waals surface area contributed by atoms with Crippen LogP contribution in [0.2, 0.25) is 0 Å². The van der Waals surface area contributed by atoms with Crippen LogP contribution in [0.3, 0.4) is 0 Å². The number of hydrogen-bond donors (Lipinski definition) is 1. The average Bonchev–Trinajstić information content (AvgIpc) is 2.60. The fourth-order valence-corrected chi connectivity index (χ4v) is 2.04. The van der Waals surface area contributed by atoms with Gasteiger partial charge in [-0.25, -0.2) is 0 Å². The maximum atomic E-state index is 8.42. The predicted molar refractivity (Wildman–Crippen MR) is 63.1 cm³/mol. The summed E-state index contributed by atoms with van der Waals surface area (Å²) in [5, 5.41) is 11.8. The molecule has 0 saturated heterocycles. The molecule has 1 N–H and O–H groups in total. The van der Waals surface area contributed by atoms with Crippen molar-refractivity contribution >= 4 is 12.4 Å². The highest BCUT2D eigenvalue weighted by atomic mass is 35.5. The van der Waals surface area contributed by atoms with Crippen LogP contribution in [0.4, 0.5) is 0 Å². The van der Waals surface area contributed by atoms with Gasteiger partial charge in [0.05, 0.1) is 6.07 Å². The maximum absolute atomic E-state index is 8.42. The van der Waals surface area contributed by atoms with Crippen LogP contribution >= 0.6 is 12.4 Å². The number of benzene rings is 1. The zero-order chi connectivity index (χ0) is 9.80. The molecule has 0 fully saturated rings. The van der Waals surface area contributed by atoms with Gasteiger partial charge in [-0.3, -0.25) is 0 Å². The van der Waals surface area contributed by atoms with Gasteiger partial charge in [-0.05, 0) is 24.0 Å². The van der Waals surface area contributed by atoms with Gasteiger partial charge in [0, 0.05) is 19.0 Å². The summed E-state index contributed by atoms with van der Waals surface area (Å²) in [6.07, 6.45) is 2.83. The number of nitriles is 1. The first-order valence-corrected chi connectivity index (χ1v) is 5.07. The second-order valence-electron chi connectivity index (χ2n) is 3.74. The van der Waals surface area contributed by atoms with Crippen LogP contribution in [-0.2, 0) is 12.8 Å². The minimum absolute atomic E-state index is 0. The third-order valence-corrected chi connectivity index (χ3v) is 2.72. The van der Waals surface area contributed by atoms with Gasteiger partial charge in [0.2, 0.25) is 0 Å².